The van der Waals surface area contributed by atoms with E-state index in [9.17, 15) is 20.0 Å². The van der Waals surface area contributed by atoms with Crippen molar-refractivity contribution in [1.29, 1.82) is 0 Å². The van der Waals surface area contributed by atoms with Crippen molar-refractivity contribution in [1.82, 2.24) is 9.55 Å². The predicted octanol–water partition coefficient (Wildman–Crippen LogP) is 1.61. The van der Waals surface area contributed by atoms with Gasteiger partial charge in [0.25, 0.3) is 11.2 Å². The summed E-state index contributed by atoms with van der Waals surface area (Å²) in [6.07, 6.45) is 0.344. The first kappa shape index (κ1) is 18.8. The van der Waals surface area contributed by atoms with Crippen LogP contribution < -0.4 is 15.0 Å². The van der Waals surface area contributed by atoms with Gasteiger partial charge in [0.15, 0.2) is 11.5 Å². The third-order valence-electron chi connectivity index (χ3n) is 4.44. The highest BCUT2D eigenvalue weighted by molar-refractivity contribution is 5.79. The van der Waals surface area contributed by atoms with Crippen molar-refractivity contribution in [3.63, 3.8) is 0 Å². The Balaban J connectivity index is 1.39. The number of nitrogens with zero attached hydrogens (tertiary/aromatic N) is 3. The quantitative estimate of drug-likeness (QED) is 0.469. The third-order valence-corrected chi connectivity index (χ3v) is 4.44. The summed E-state index contributed by atoms with van der Waals surface area (Å²) in [5, 5.41) is 21.3. The Morgan fingerprint density at radius 3 is 2.90 bits per heavy atom. The lowest BCUT2D eigenvalue weighted by molar-refractivity contribution is -0.384. The first-order chi connectivity index (χ1) is 14.0. The van der Waals surface area contributed by atoms with E-state index < -0.39 is 16.6 Å². The number of hydrogen-bond acceptors (Lipinski definition) is 8. The van der Waals surface area contributed by atoms with Gasteiger partial charge in [-0.05, 0) is 23.8 Å². The molecule has 1 atom stereocenters. The van der Waals surface area contributed by atoms with Gasteiger partial charge in [-0.25, -0.2) is 4.98 Å². The topological polar surface area (TPSA) is 126 Å². The number of hydrogen-bond donors (Lipinski definition) is 1. The lowest BCUT2D eigenvalue weighted by Crippen LogP contribution is -2.29. The zero-order valence-corrected chi connectivity index (χ0v) is 15.2. The minimum atomic E-state index is -0.959. The fraction of sp³-hybridized carbons (Fsp3) is 0.263. The highest BCUT2D eigenvalue weighted by atomic mass is 16.7. The molecule has 0 bridgehead atoms. The second-order valence-electron chi connectivity index (χ2n) is 6.52. The molecule has 10 nitrogen and oxygen atoms in total. The summed E-state index contributed by atoms with van der Waals surface area (Å²) in [7, 11) is 0. The molecule has 1 aromatic heterocycles. The molecule has 0 radical (unpaired) electrons. The maximum atomic E-state index is 12.6. The minimum absolute atomic E-state index is 0.00609. The second kappa shape index (κ2) is 7.86. The Morgan fingerprint density at radius 2 is 2.07 bits per heavy atom. The Morgan fingerprint density at radius 1 is 1.24 bits per heavy atom. The van der Waals surface area contributed by atoms with Gasteiger partial charge in [-0.1, -0.05) is 6.07 Å². The number of aliphatic hydroxyl groups is 1. The largest absolute Gasteiger partial charge is 0.454 e. The number of rotatable bonds is 7. The number of benzene rings is 2. The predicted molar refractivity (Wildman–Crippen MR) is 101 cm³/mol. The van der Waals surface area contributed by atoms with E-state index in [0.717, 1.165) is 5.56 Å². The van der Waals surface area contributed by atoms with Crippen molar-refractivity contribution < 1.29 is 24.2 Å². The summed E-state index contributed by atoms with van der Waals surface area (Å²) in [4.78, 5) is 27.0. The van der Waals surface area contributed by atoms with E-state index in [0.29, 0.717) is 17.0 Å². The van der Waals surface area contributed by atoms with Crippen LogP contribution in [0.25, 0.3) is 10.9 Å². The van der Waals surface area contributed by atoms with Crippen LogP contribution in [-0.2, 0) is 17.9 Å². The molecule has 0 spiro atoms. The van der Waals surface area contributed by atoms with Gasteiger partial charge in [0.05, 0.1) is 48.0 Å². The molecule has 29 heavy (non-hydrogen) atoms. The number of aromatic nitrogens is 2. The fourth-order valence-corrected chi connectivity index (χ4v) is 3.01. The van der Waals surface area contributed by atoms with Crippen LogP contribution in [0.15, 0.2) is 47.5 Å². The lowest BCUT2D eigenvalue weighted by Gasteiger charge is -2.13. The normalized spacial score (nSPS) is 13.6. The van der Waals surface area contributed by atoms with Crippen molar-refractivity contribution in [2.45, 2.75) is 19.3 Å². The molecule has 4 rings (SSSR count). The van der Waals surface area contributed by atoms with Gasteiger partial charge in [0.2, 0.25) is 6.79 Å². The fourth-order valence-electron chi connectivity index (χ4n) is 3.01. The summed E-state index contributed by atoms with van der Waals surface area (Å²) in [6, 6.07) is 9.33. The average Bonchev–Trinajstić information content (AvgIpc) is 3.18. The Labute approximate surface area is 164 Å². The van der Waals surface area contributed by atoms with Crippen LogP contribution in [0.1, 0.15) is 5.56 Å². The molecule has 0 saturated carbocycles. The SMILES string of the molecule is O=c1c2cc([N+](=O)[O-])ccc2ncn1C[C@@H](O)COCc1ccc2c(c1)OCO2. The van der Waals surface area contributed by atoms with E-state index in [1.54, 1.807) is 12.1 Å². The van der Waals surface area contributed by atoms with E-state index in [1.807, 2.05) is 6.07 Å². The van der Waals surface area contributed by atoms with E-state index in [2.05, 4.69) is 4.98 Å². The molecule has 0 fully saturated rings. The molecule has 2 aromatic carbocycles. The average molecular weight is 399 g/mol. The number of nitro groups is 1. The van der Waals surface area contributed by atoms with Gasteiger partial charge < -0.3 is 19.3 Å². The van der Waals surface area contributed by atoms with Gasteiger partial charge in [0.1, 0.15) is 0 Å². The molecule has 0 saturated heterocycles. The van der Waals surface area contributed by atoms with Crippen LogP contribution in [-0.4, -0.2) is 39.1 Å². The first-order valence-corrected chi connectivity index (χ1v) is 8.79. The molecule has 0 unspecified atom stereocenters. The molecule has 1 aliphatic heterocycles. The molecule has 10 heteroatoms. The van der Waals surface area contributed by atoms with Crippen molar-refractivity contribution in [2.75, 3.05) is 13.4 Å². The number of ether oxygens (including phenoxy) is 3. The van der Waals surface area contributed by atoms with Crippen LogP contribution in [0, 0.1) is 10.1 Å². The third kappa shape index (κ3) is 4.03. The lowest BCUT2D eigenvalue weighted by atomic mass is 10.2. The number of nitro benzene ring substituents is 1. The van der Waals surface area contributed by atoms with E-state index >= 15 is 0 Å². The van der Waals surface area contributed by atoms with Crippen molar-refractivity contribution in [3.05, 3.63) is 68.8 Å². The van der Waals surface area contributed by atoms with Gasteiger partial charge in [-0.2, -0.15) is 0 Å². The van der Waals surface area contributed by atoms with Crippen molar-refractivity contribution in [2.24, 2.45) is 0 Å². The maximum Gasteiger partial charge on any atom is 0.270 e. The van der Waals surface area contributed by atoms with Crippen LogP contribution in [0.4, 0.5) is 5.69 Å². The van der Waals surface area contributed by atoms with Gasteiger partial charge in [-0.15, -0.1) is 0 Å². The number of fused-ring (bicyclic) bond motifs is 2. The Kier molecular flexibility index (Phi) is 5.10. The molecular weight excluding hydrogens is 382 g/mol. The second-order valence-corrected chi connectivity index (χ2v) is 6.52. The maximum absolute atomic E-state index is 12.6. The summed E-state index contributed by atoms with van der Waals surface area (Å²) < 4.78 is 17.3. The molecule has 0 amide bonds. The highest BCUT2D eigenvalue weighted by Crippen LogP contribution is 2.32. The Hall–Kier alpha value is -3.50. The molecule has 1 aliphatic rings. The zero-order chi connectivity index (χ0) is 20.4. The minimum Gasteiger partial charge on any atom is -0.454 e. The monoisotopic (exact) mass is 399 g/mol. The van der Waals surface area contributed by atoms with E-state index in [-0.39, 0.29) is 37.6 Å². The van der Waals surface area contributed by atoms with Crippen molar-refractivity contribution in [3.8, 4) is 11.5 Å². The smallest absolute Gasteiger partial charge is 0.270 e. The summed E-state index contributed by atoms with van der Waals surface area (Å²) in [5.74, 6) is 1.33. The Bertz CT molecular complexity index is 1130. The number of aliphatic hydroxyl groups excluding tert-OH is 1. The summed E-state index contributed by atoms with van der Waals surface area (Å²) in [6.45, 7) is 0.389. The zero-order valence-electron chi connectivity index (χ0n) is 15.2. The highest BCUT2D eigenvalue weighted by Gasteiger charge is 2.15. The van der Waals surface area contributed by atoms with Crippen LogP contribution in [0.5, 0.6) is 11.5 Å². The van der Waals surface area contributed by atoms with Crippen LogP contribution in [0.2, 0.25) is 0 Å². The molecule has 0 aliphatic carbocycles. The summed E-state index contributed by atoms with van der Waals surface area (Å²) >= 11 is 0. The molecule has 2 heterocycles. The molecular formula is C19H17N3O7. The molecule has 150 valence electrons. The van der Waals surface area contributed by atoms with Crippen LogP contribution >= 0.6 is 0 Å². The van der Waals surface area contributed by atoms with Gasteiger partial charge in [-0.3, -0.25) is 19.5 Å². The van der Waals surface area contributed by atoms with Gasteiger partial charge in [0, 0.05) is 12.1 Å². The number of non-ortho nitro benzene ring substituents is 1. The van der Waals surface area contributed by atoms with E-state index in [4.69, 9.17) is 14.2 Å². The molecule has 1 N–H and O–H groups in total. The van der Waals surface area contributed by atoms with Gasteiger partial charge >= 0.3 is 0 Å². The first-order valence-electron chi connectivity index (χ1n) is 8.79. The van der Waals surface area contributed by atoms with E-state index in [1.165, 1.54) is 29.1 Å². The molecule has 3 aromatic rings. The van der Waals surface area contributed by atoms with Crippen molar-refractivity contribution >= 4 is 16.6 Å². The standard InChI is InChI=1S/C19H17N3O7/c23-14(9-27-8-12-1-4-17-18(5-12)29-11-28-17)7-21-10-20-16-3-2-13(22(25)26)6-15(16)19(21)24/h1-6,10,14,23H,7-9,11H2/t14-/m1/s1. The summed E-state index contributed by atoms with van der Waals surface area (Å²) in [5.41, 5.74) is 0.555. The van der Waals surface area contributed by atoms with Crippen LogP contribution in [0.3, 0.4) is 0 Å².